The van der Waals surface area contributed by atoms with Gasteiger partial charge in [-0.05, 0) is 42.0 Å². The number of anilines is 2. The fourth-order valence-electron chi connectivity index (χ4n) is 3.37. The van der Waals surface area contributed by atoms with Gasteiger partial charge in [-0.25, -0.2) is 0 Å². The summed E-state index contributed by atoms with van der Waals surface area (Å²) in [5.74, 6) is 0.112. The van der Waals surface area contributed by atoms with Gasteiger partial charge in [0.2, 0.25) is 11.8 Å². The van der Waals surface area contributed by atoms with Crippen molar-refractivity contribution in [3.05, 3.63) is 83.4 Å². The van der Waals surface area contributed by atoms with Crippen LogP contribution in [0.25, 0.3) is 0 Å². The van der Waals surface area contributed by atoms with Crippen LogP contribution >= 0.6 is 11.6 Å². The first-order valence-corrected chi connectivity index (χ1v) is 10.1. The number of benzene rings is 3. The van der Waals surface area contributed by atoms with Gasteiger partial charge in [0, 0.05) is 16.8 Å². The number of amides is 2. The van der Waals surface area contributed by atoms with Crippen LogP contribution in [-0.4, -0.2) is 31.2 Å². The number of aliphatic imine (C=N–C) groups is 1. The molecule has 0 saturated carbocycles. The predicted octanol–water partition coefficient (Wildman–Crippen LogP) is 4.84. The van der Waals surface area contributed by atoms with E-state index in [4.69, 9.17) is 21.3 Å². The molecule has 156 valence electrons. The predicted molar refractivity (Wildman–Crippen MR) is 123 cm³/mol. The smallest absolute Gasteiger partial charge is 0.244 e. The molecule has 0 aromatic heterocycles. The highest BCUT2D eigenvalue weighted by Crippen LogP contribution is 2.33. The number of hydrogen-bond acceptors (Lipinski definition) is 4. The Hall–Kier alpha value is -3.64. The second kappa shape index (κ2) is 9.02. The van der Waals surface area contributed by atoms with Crippen molar-refractivity contribution in [2.45, 2.75) is 6.42 Å². The Morgan fingerprint density at radius 1 is 1.10 bits per heavy atom. The van der Waals surface area contributed by atoms with Gasteiger partial charge in [0.1, 0.15) is 12.3 Å². The summed E-state index contributed by atoms with van der Waals surface area (Å²) in [7, 11) is 1.56. The van der Waals surface area contributed by atoms with E-state index in [0.717, 1.165) is 5.56 Å². The molecule has 4 rings (SSSR count). The molecule has 1 N–H and O–H groups in total. The number of fused-ring (bicyclic) bond motifs is 1. The molecule has 0 fully saturated rings. The van der Waals surface area contributed by atoms with Crippen molar-refractivity contribution in [1.29, 1.82) is 0 Å². The fourth-order valence-corrected chi connectivity index (χ4v) is 3.50. The zero-order valence-corrected chi connectivity index (χ0v) is 17.6. The molecule has 0 bridgehead atoms. The highest BCUT2D eigenvalue weighted by Gasteiger charge is 2.26. The zero-order chi connectivity index (χ0) is 21.8. The van der Waals surface area contributed by atoms with Crippen molar-refractivity contribution >= 4 is 46.2 Å². The highest BCUT2D eigenvalue weighted by molar-refractivity contribution is 6.30. The molecule has 1 aliphatic heterocycles. The maximum Gasteiger partial charge on any atom is 0.244 e. The van der Waals surface area contributed by atoms with Gasteiger partial charge in [0.05, 0.1) is 30.6 Å². The molecule has 0 radical (unpaired) electrons. The van der Waals surface area contributed by atoms with E-state index >= 15 is 0 Å². The first kappa shape index (κ1) is 20.6. The molecular weight excluding hydrogens is 414 g/mol. The van der Waals surface area contributed by atoms with E-state index in [1.807, 2.05) is 30.3 Å². The van der Waals surface area contributed by atoms with Crippen LogP contribution in [-0.2, 0) is 9.59 Å². The molecule has 1 aliphatic rings. The average Bonchev–Trinajstić information content (AvgIpc) is 2.91. The number of nitrogens with zero attached hydrogens (tertiary/aromatic N) is 2. The second-order valence-corrected chi connectivity index (χ2v) is 7.43. The van der Waals surface area contributed by atoms with Crippen molar-refractivity contribution in [3.63, 3.8) is 0 Å². The summed E-state index contributed by atoms with van der Waals surface area (Å²) in [4.78, 5) is 32.1. The summed E-state index contributed by atoms with van der Waals surface area (Å²) in [6, 6.07) is 21.6. The van der Waals surface area contributed by atoms with Crippen LogP contribution in [0.3, 0.4) is 0 Å². The molecule has 6 nitrogen and oxygen atoms in total. The molecular formula is C24H20ClN3O3. The molecule has 3 aromatic rings. The largest absolute Gasteiger partial charge is 0.497 e. The lowest BCUT2D eigenvalue weighted by atomic mass is 10.1. The summed E-state index contributed by atoms with van der Waals surface area (Å²) in [6.45, 7) is -0.128. The fraction of sp³-hybridized carbons (Fsp3) is 0.125. The van der Waals surface area contributed by atoms with Crippen molar-refractivity contribution in [2.75, 3.05) is 23.9 Å². The molecule has 0 saturated heterocycles. The molecule has 7 heteroatoms. The van der Waals surface area contributed by atoms with E-state index < -0.39 is 0 Å². The normalized spacial score (nSPS) is 13.2. The molecule has 0 atom stereocenters. The van der Waals surface area contributed by atoms with Crippen molar-refractivity contribution in [3.8, 4) is 5.75 Å². The Bertz CT molecular complexity index is 1160. The number of rotatable bonds is 5. The van der Waals surface area contributed by atoms with Crippen LogP contribution in [0, 0.1) is 0 Å². The number of hydrogen-bond donors (Lipinski definition) is 1. The van der Waals surface area contributed by atoms with Crippen LogP contribution in [0.2, 0.25) is 5.02 Å². The van der Waals surface area contributed by atoms with E-state index in [-0.39, 0.29) is 24.8 Å². The van der Waals surface area contributed by atoms with E-state index in [2.05, 4.69) is 5.32 Å². The maximum absolute atomic E-state index is 13.1. The number of ether oxygens (including phenoxy) is 1. The number of para-hydroxylation sites is 2. The number of methoxy groups -OCH3 is 1. The van der Waals surface area contributed by atoms with Gasteiger partial charge in [0.15, 0.2) is 0 Å². The van der Waals surface area contributed by atoms with Crippen LogP contribution in [0.4, 0.5) is 17.1 Å². The number of carbonyl (C=O) groups excluding carboxylic acids is 2. The lowest BCUT2D eigenvalue weighted by molar-refractivity contribution is -0.120. The van der Waals surface area contributed by atoms with Gasteiger partial charge in [-0.3, -0.25) is 14.6 Å². The van der Waals surface area contributed by atoms with Crippen LogP contribution in [0.1, 0.15) is 12.0 Å². The minimum atomic E-state index is -0.314. The van der Waals surface area contributed by atoms with Crippen molar-refractivity contribution in [1.82, 2.24) is 0 Å². The summed E-state index contributed by atoms with van der Waals surface area (Å²) in [6.07, 6.45) is 0.0722. The molecule has 3 aromatic carbocycles. The lowest BCUT2D eigenvalue weighted by Gasteiger charge is -2.22. The number of carbonyl (C=O) groups is 2. The minimum Gasteiger partial charge on any atom is -0.497 e. The summed E-state index contributed by atoms with van der Waals surface area (Å²) in [5, 5.41) is 3.43. The third-order valence-electron chi connectivity index (χ3n) is 4.88. The third kappa shape index (κ3) is 4.75. The number of halogens is 1. The van der Waals surface area contributed by atoms with Crippen LogP contribution < -0.4 is 15.0 Å². The maximum atomic E-state index is 13.1. The standard InChI is InChI=1S/C24H20ClN3O3/c1-31-19-6-4-5-18(13-19)26-23(29)15-28-22-8-3-2-7-20(22)27-21(14-24(28)30)16-9-11-17(25)12-10-16/h2-13H,14-15H2,1H3,(H,26,29). The third-order valence-corrected chi connectivity index (χ3v) is 5.13. The first-order valence-electron chi connectivity index (χ1n) is 9.70. The van der Waals surface area contributed by atoms with Gasteiger partial charge >= 0.3 is 0 Å². The Kier molecular flexibility index (Phi) is 6.00. The van der Waals surface area contributed by atoms with Gasteiger partial charge in [0.25, 0.3) is 0 Å². The summed E-state index contributed by atoms with van der Waals surface area (Å²) >= 11 is 5.99. The van der Waals surface area contributed by atoms with Crippen molar-refractivity contribution in [2.24, 2.45) is 4.99 Å². The van der Waals surface area contributed by atoms with E-state index in [9.17, 15) is 9.59 Å². The number of nitrogens with one attached hydrogen (secondary N) is 1. The molecule has 0 spiro atoms. The van der Waals surface area contributed by atoms with Gasteiger partial charge in [-0.1, -0.05) is 41.9 Å². The zero-order valence-electron chi connectivity index (χ0n) is 16.8. The SMILES string of the molecule is COc1cccc(NC(=O)CN2C(=O)CC(c3ccc(Cl)cc3)=Nc3ccccc32)c1. The van der Waals surface area contributed by atoms with Gasteiger partial charge in [-0.15, -0.1) is 0 Å². The second-order valence-electron chi connectivity index (χ2n) is 6.99. The lowest BCUT2D eigenvalue weighted by Crippen LogP contribution is -2.38. The average molecular weight is 434 g/mol. The van der Waals surface area contributed by atoms with Crippen molar-refractivity contribution < 1.29 is 14.3 Å². The monoisotopic (exact) mass is 433 g/mol. The Morgan fingerprint density at radius 2 is 1.87 bits per heavy atom. The van der Waals surface area contributed by atoms with Gasteiger partial charge in [-0.2, -0.15) is 0 Å². The molecule has 2 amide bonds. The van der Waals surface area contributed by atoms with Gasteiger partial charge < -0.3 is 15.0 Å². The highest BCUT2D eigenvalue weighted by atomic mass is 35.5. The van der Waals surface area contributed by atoms with E-state index in [1.165, 1.54) is 4.90 Å². The van der Waals surface area contributed by atoms with Crippen LogP contribution in [0.15, 0.2) is 77.8 Å². The van der Waals surface area contributed by atoms with E-state index in [0.29, 0.717) is 33.5 Å². The van der Waals surface area contributed by atoms with E-state index in [1.54, 1.807) is 49.6 Å². The first-order chi connectivity index (χ1) is 15.0. The Labute approximate surface area is 185 Å². The molecule has 0 unspecified atom stereocenters. The Balaban J connectivity index is 1.59. The summed E-state index contributed by atoms with van der Waals surface area (Å²) < 4.78 is 5.19. The quantitative estimate of drug-likeness (QED) is 0.625. The topological polar surface area (TPSA) is 71.0 Å². The molecule has 31 heavy (non-hydrogen) atoms. The Morgan fingerprint density at radius 3 is 2.65 bits per heavy atom. The minimum absolute atomic E-state index is 0.0722. The molecule has 0 aliphatic carbocycles. The van der Waals surface area contributed by atoms with Crippen LogP contribution in [0.5, 0.6) is 5.75 Å². The molecule has 1 heterocycles. The summed E-state index contributed by atoms with van der Waals surface area (Å²) in [5.41, 5.74) is 3.27.